The van der Waals surface area contributed by atoms with Crippen molar-refractivity contribution >= 4 is 49.8 Å². The molecule has 11 rings (SSSR count). The molecule has 2 nitrogen and oxygen atoms in total. The summed E-state index contributed by atoms with van der Waals surface area (Å²) in [4.78, 5) is 2.45. The molecule has 0 atom stereocenters. The first-order valence-corrected chi connectivity index (χ1v) is 19.8. The first-order chi connectivity index (χ1) is 28.0. The van der Waals surface area contributed by atoms with Crippen LogP contribution < -0.4 is 4.90 Å². The van der Waals surface area contributed by atoms with Gasteiger partial charge in [0.25, 0.3) is 0 Å². The maximum absolute atomic E-state index is 6.47. The minimum absolute atomic E-state index is 0.215. The second-order valence-electron chi connectivity index (χ2n) is 15.7. The number of fused-ring (bicyclic) bond motifs is 8. The predicted molar refractivity (Wildman–Crippen MR) is 240 cm³/mol. The van der Waals surface area contributed by atoms with Crippen LogP contribution in [0.5, 0.6) is 0 Å². The van der Waals surface area contributed by atoms with Crippen molar-refractivity contribution in [3.8, 4) is 44.5 Å². The van der Waals surface area contributed by atoms with Crippen LogP contribution in [0.3, 0.4) is 0 Å². The van der Waals surface area contributed by atoms with Crippen molar-refractivity contribution in [1.29, 1.82) is 0 Å². The lowest BCUT2D eigenvalue weighted by atomic mass is 9.79. The van der Waals surface area contributed by atoms with Crippen LogP contribution in [0.4, 0.5) is 17.1 Å². The first-order valence-electron chi connectivity index (χ1n) is 19.8. The first kappa shape index (κ1) is 33.2. The molecule has 0 saturated carbocycles. The molecule has 270 valence electrons. The summed E-state index contributed by atoms with van der Waals surface area (Å²) in [5.41, 5.74) is 17.3. The van der Waals surface area contributed by atoms with E-state index in [2.05, 4.69) is 207 Å². The molecule has 0 radical (unpaired) electrons. The number of nitrogens with zero attached hydrogens (tertiary/aromatic N) is 1. The smallest absolute Gasteiger partial charge is 0.143 e. The summed E-state index contributed by atoms with van der Waals surface area (Å²) in [5, 5.41) is 4.87. The fourth-order valence-electron chi connectivity index (χ4n) is 9.39. The van der Waals surface area contributed by atoms with E-state index in [1.54, 1.807) is 0 Å². The number of anilines is 3. The average molecular weight is 730 g/mol. The lowest BCUT2D eigenvalue weighted by Crippen LogP contribution is -2.16. The molecule has 0 saturated heterocycles. The van der Waals surface area contributed by atoms with Gasteiger partial charge in [-0.2, -0.15) is 0 Å². The maximum Gasteiger partial charge on any atom is 0.143 e. The minimum Gasteiger partial charge on any atom is -0.455 e. The molecular formula is C55H39NO. The van der Waals surface area contributed by atoms with Crippen molar-refractivity contribution in [2.45, 2.75) is 19.3 Å². The maximum atomic E-state index is 6.47. The van der Waals surface area contributed by atoms with E-state index in [1.165, 1.54) is 55.3 Å². The van der Waals surface area contributed by atoms with Crippen LogP contribution in [0.2, 0.25) is 0 Å². The van der Waals surface area contributed by atoms with Gasteiger partial charge in [-0.05, 0) is 97.7 Å². The molecule has 1 heterocycles. The third kappa shape index (κ3) is 5.25. The van der Waals surface area contributed by atoms with Gasteiger partial charge in [0, 0.05) is 38.7 Å². The van der Waals surface area contributed by atoms with E-state index in [1.807, 2.05) is 12.1 Å². The van der Waals surface area contributed by atoms with E-state index in [0.717, 1.165) is 50.1 Å². The van der Waals surface area contributed by atoms with Crippen molar-refractivity contribution in [3.63, 3.8) is 0 Å². The normalized spacial score (nSPS) is 12.9. The summed E-state index contributed by atoms with van der Waals surface area (Å²) in [7, 11) is 0. The van der Waals surface area contributed by atoms with E-state index in [0.29, 0.717) is 0 Å². The Bertz CT molecular complexity index is 3120. The van der Waals surface area contributed by atoms with Crippen LogP contribution in [0, 0.1) is 0 Å². The van der Waals surface area contributed by atoms with Gasteiger partial charge in [0.2, 0.25) is 0 Å². The molecule has 0 N–H and O–H groups in total. The number of hydrogen-bond donors (Lipinski definition) is 0. The van der Waals surface area contributed by atoms with Gasteiger partial charge in [0.15, 0.2) is 0 Å². The van der Waals surface area contributed by atoms with Crippen molar-refractivity contribution < 1.29 is 4.42 Å². The fraction of sp³-hybridized carbons (Fsp3) is 0.0545. The molecule has 0 aliphatic heterocycles. The molecule has 9 aromatic carbocycles. The van der Waals surface area contributed by atoms with E-state index < -0.39 is 0 Å². The molecule has 57 heavy (non-hydrogen) atoms. The van der Waals surface area contributed by atoms with Crippen LogP contribution in [0.1, 0.15) is 25.0 Å². The van der Waals surface area contributed by atoms with E-state index in [-0.39, 0.29) is 5.41 Å². The van der Waals surface area contributed by atoms with Gasteiger partial charge in [0.05, 0.1) is 5.69 Å². The Labute approximate surface area is 332 Å². The summed E-state index contributed by atoms with van der Waals surface area (Å²) < 4.78 is 6.47. The number of hydrogen-bond acceptors (Lipinski definition) is 2. The SMILES string of the molecule is CC1(C)c2cccc(N(c3ccc(-c4ccccc4)cc3)c3ccc(-c4cccc5c4oc4ccccc45)cc3)c2-c2cc(-c3ccccc3)c3ccccc3c21. The monoisotopic (exact) mass is 729 g/mol. The summed E-state index contributed by atoms with van der Waals surface area (Å²) in [6.07, 6.45) is 0. The summed E-state index contributed by atoms with van der Waals surface area (Å²) in [6, 6.07) is 72.5. The van der Waals surface area contributed by atoms with Gasteiger partial charge in [0.1, 0.15) is 11.2 Å². The second-order valence-corrected chi connectivity index (χ2v) is 15.7. The van der Waals surface area contributed by atoms with Gasteiger partial charge in [-0.25, -0.2) is 0 Å². The van der Waals surface area contributed by atoms with Gasteiger partial charge in [-0.15, -0.1) is 0 Å². The lowest BCUT2D eigenvalue weighted by molar-refractivity contribution is 0.666. The van der Waals surface area contributed by atoms with Crippen LogP contribution in [0.25, 0.3) is 77.2 Å². The van der Waals surface area contributed by atoms with Crippen LogP contribution in [0.15, 0.2) is 205 Å². The molecule has 0 amide bonds. The highest BCUT2D eigenvalue weighted by Gasteiger charge is 2.40. The third-order valence-electron chi connectivity index (χ3n) is 12.1. The largest absolute Gasteiger partial charge is 0.455 e. The summed E-state index contributed by atoms with van der Waals surface area (Å²) >= 11 is 0. The highest BCUT2D eigenvalue weighted by atomic mass is 16.3. The highest BCUT2D eigenvalue weighted by molar-refractivity contribution is 6.10. The summed E-state index contributed by atoms with van der Waals surface area (Å²) in [6.45, 7) is 4.78. The number of rotatable bonds is 6. The molecule has 0 spiro atoms. The van der Waals surface area contributed by atoms with Gasteiger partial charge < -0.3 is 9.32 Å². The molecule has 0 fully saturated rings. The Hall–Kier alpha value is -7.16. The van der Waals surface area contributed by atoms with E-state index in [9.17, 15) is 0 Å². The zero-order valence-corrected chi connectivity index (χ0v) is 31.9. The average Bonchev–Trinajstić information content (AvgIpc) is 3.77. The van der Waals surface area contributed by atoms with Crippen LogP contribution in [-0.4, -0.2) is 0 Å². The molecule has 1 aliphatic carbocycles. The highest BCUT2D eigenvalue weighted by Crippen LogP contribution is 2.57. The molecule has 1 aromatic heterocycles. The van der Waals surface area contributed by atoms with Crippen molar-refractivity contribution in [1.82, 2.24) is 0 Å². The number of furan rings is 1. The topological polar surface area (TPSA) is 16.4 Å². The quantitative estimate of drug-likeness (QED) is 0.169. The van der Waals surface area contributed by atoms with Crippen molar-refractivity contribution in [3.05, 3.63) is 211 Å². The fourth-order valence-corrected chi connectivity index (χ4v) is 9.39. The van der Waals surface area contributed by atoms with Gasteiger partial charge in [-0.3, -0.25) is 0 Å². The van der Waals surface area contributed by atoms with Crippen molar-refractivity contribution in [2.75, 3.05) is 4.90 Å². The standard InChI is InChI=1S/C55H39NO/c1-55(2)49-24-14-25-50(52(49)48-35-47(38-17-7-4-8-18-38)43-19-9-10-21-45(43)53(48)55)56(40-31-27-37(28-32-40)36-15-5-3-6-16-36)41-33-29-39(30-34-41)42-22-13-23-46-44-20-11-12-26-51(44)57-54(42)46/h3-35H,1-2H3. The molecule has 2 heteroatoms. The Morgan fingerprint density at radius 3 is 1.67 bits per heavy atom. The Balaban J connectivity index is 1.12. The Kier molecular flexibility index (Phi) is 7.55. The molecule has 0 bridgehead atoms. The molecule has 0 unspecified atom stereocenters. The zero-order chi connectivity index (χ0) is 38.1. The van der Waals surface area contributed by atoms with Crippen LogP contribution >= 0.6 is 0 Å². The van der Waals surface area contributed by atoms with Gasteiger partial charge in [-0.1, -0.05) is 172 Å². The molecule has 10 aromatic rings. The van der Waals surface area contributed by atoms with Gasteiger partial charge >= 0.3 is 0 Å². The minimum atomic E-state index is -0.215. The summed E-state index contributed by atoms with van der Waals surface area (Å²) in [5.74, 6) is 0. The lowest BCUT2D eigenvalue weighted by Gasteiger charge is -2.29. The van der Waals surface area contributed by atoms with Crippen molar-refractivity contribution in [2.24, 2.45) is 0 Å². The third-order valence-corrected chi connectivity index (χ3v) is 12.1. The van der Waals surface area contributed by atoms with E-state index >= 15 is 0 Å². The predicted octanol–water partition coefficient (Wildman–Crippen LogP) is 15.5. The number of para-hydroxylation sites is 2. The molecule has 1 aliphatic rings. The zero-order valence-electron chi connectivity index (χ0n) is 31.9. The van der Waals surface area contributed by atoms with Crippen LogP contribution in [-0.2, 0) is 5.41 Å². The Morgan fingerprint density at radius 2 is 0.947 bits per heavy atom. The Morgan fingerprint density at radius 1 is 0.404 bits per heavy atom. The number of benzene rings is 9. The second kappa shape index (κ2) is 13.0. The van der Waals surface area contributed by atoms with E-state index in [4.69, 9.17) is 4.42 Å². The molecular weight excluding hydrogens is 691 g/mol.